The second kappa shape index (κ2) is 12.9. The Bertz CT molecular complexity index is 1630. The van der Waals surface area contributed by atoms with E-state index in [2.05, 4.69) is 15.6 Å². The summed E-state index contributed by atoms with van der Waals surface area (Å²) < 4.78 is 6.08. The summed E-state index contributed by atoms with van der Waals surface area (Å²) in [6.07, 6.45) is 0.234. The topological polar surface area (TPSA) is 148 Å². The SMILES string of the molecule is CCN(CC)c1ccc2oc3cc(C(=O)[C@H](Cc4ccccc4)NC(=O)[C@H](C)NC(=O)[C@H](C)N)c(C)cc3nc-2c1=O. The van der Waals surface area contributed by atoms with Crippen molar-refractivity contribution in [3.63, 3.8) is 0 Å². The average Bonchev–Trinajstić information content (AvgIpc) is 2.97. The molecule has 42 heavy (non-hydrogen) atoms. The molecule has 1 aliphatic heterocycles. The smallest absolute Gasteiger partial charge is 0.242 e. The van der Waals surface area contributed by atoms with Crippen molar-refractivity contribution in [3.8, 4) is 11.5 Å². The first kappa shape index (κ1) is 30.4. The fraction of sp³-hybridized carbons (Fsp3) is 0.344. The summed E-state index contributed by atoms with van der Waals surface area (Å²) in [5.41, 5.74) is 8.80. The van der Waals surface area contributed by atoms with Crippen LogP contribution in [0.15, 0.2) is 63.8 Å². The van der Waals surface area contributed by atoms with Crippen LogP contribution in [0.2, 0.25) is 0 Å². The van der Waals surface area contributed by atoms with Gasteiger partial charge in [0.25, 0.3) is 0 Å². The lowest BCUT2D eigenvalue weighted by Crippen LogP contribution is -2.53. The highest BCUT2D eigenvalue weighted by Gasteiger charge is 2.28. The predicted octanol–water partition coefficient (Wildman–Crippen LogP) is 3.21. The summed E-state index contributed by atoms with van der Waals surface area (Å²) in [6.45, 7) is 10.2. The first-order valence-electron chi connectivity index (χ1n) is 14.1. The molecule has 220 valence electrons. The van der Waals surface area contributed by atoms with Gasteiger partial charge < -0.3 is 25.7 Å². The molecule has 10 heteroatoms. The first-order valence-corrected chi connectivity index (χ1v) is 14.1. The van der Waals surface area contributed by atoms with Gasteiger partial charge >= 0.3 is 0 Å². The predicted molar refractivity (Wildman–Crippen MR) is 163 cm³/mol. The molecule has 4 N–H and O–H groups in total. The number of carbonyl (C=O) groups excluding carboxylic acids is 3. The highest BCUT2D eigenvalue weighted by atomic mass is 16.3. The van der Waals surface area contributed by atoms with E-state index in [0.29, 0.717) is 46.8 Å². The molecular formula is C32H37N5O5. The number of benzene rings is 3. The number of hydrogen-bond acceptors (Lipinski definition) is 8. The Hall–Kier alpha value is -4.57. The Morgan fingerprint density at radius 2 is 1.67 bits per heavy atom. The molecule has 0 fully saturated rings. The van der Waals surface area contributed by atoms with Crippen molar-refractivity contribution < 1.29 is 18.8 Å². The second-order valence-electron chi connectivity index (χ2n) is 10.4. The third kappa shape index (κ3) is 6.49. The molecule has 1 heterocycles. The number of rotatable bonds is 11. The summed E-state index contributed by atoms with van der Waals surface area (Å²) in [4.78, 5) is 58.9. The minimum absolute atomic E-state index is 0.212. The molecule has 0 unspecified atom stereocenters. The zero-order chi connectivity index (χ0) is 30.6. The van der Waals surface area contributed by atoms with Crippen LogP contribution in [0, 0.1) is 6.92 Å². The molecular weight excluding hydrogens is 534 g/mol. The lowest BCUT2D eigenvalue weighted by atomic mass is 9.94. The molecule has 0 spiro atoms. The number of Topliss-reactive ketones (excluding diaryl/α,β-unsaturated/α-hetero) is 1. The van der Waals surface area contributed by atoms with Crippen molar-refractivity contribution >= 4 is 34.4 Å². The van der Waals surface area contributed by atoms with Gasteiger partial charge in [0.15, 0.2) is 22.8 Å². The number of amides is 2. The maximum atomic E-state index is 14.0. The number of aromatic nitrogens is 1. The molecule has 2 aromatic carbocycles. The lowest BCUT2D eigenvalue weighted by Gasteiger charge is -2.22. The van der Waals surface area contributed by atoms with Crippen LogP contribution in [-0.2, 0) is 16.0 Å². The maximum Gasteiger partial charge on any atom is 0.242 e. The van der Waals surface area contributed by atoms with Gasteiger partial charge in [-0.15, -0.1) is 0 Å². The number of carbonyl (C=O) groups is 3. The summed E-state index contributed by atoms with van der Waals surface area (Å²) in [6, 6.07) is 13.5. The molecule has 0 saturated carbocycles. The normalized spacial score (nSPS) is 13.4. The van der Waals surface area contributed by atoms with Gasteiger partial charge in [-0.3, -0.25) is 19.2 Å². The quantitative estimate of drug-likeness (QED) is 0.184. The van der Waals surface area contributed by atoms with Crippen LogP contribution < -0.4 is 26.7 Å². The maximum absolute atomic E-state index is 14.0. The van der Waals surface area contributed by atoms with E-state index in [0.717, 1.165) is 5.56 Å². The Morgan fingerprint density at radius 3 is 2.31 bits per heavy atom. The molecule has 0 saturated heterocycles. The van der Waals surface area contributed by atoms with Crippen LogP contribution in [0.3, 0.4) is 0 Å². The number of nitrogens with one attached hydrogen (secondary N) is 2. The van der Waals surface area contributed by atoms with E-state index in [1.807, 2.05) is 49.1 Å². The van der Waals surface area contributed by atoms with Crippen molar-refractivity contribution in [1.29, 1.82) is 0 Å². The monoisotopic (exact) mass is 571 g/mol. The Kier molecular flexibility index (Phi) is 9.37. The minimum Gasteiger partial charge on any atom is -0.453 e. The van der Waals surface area contributed by atoms with Crippen molar-refractivity contribution in [2.45, 2.75) is 59.2 Å². The minimum atomic E-state index is -0.927. The fourth-order valence-corrected chi connectivity index (χ4v) is 4.84. The van der Waals surface area contributed by atoms with Crippen LogP contribution in [0.1, 0.15) is 49.2 Å². The van der Waals surface area contributed by atoms with Crippen LogP contribution >= 0.6 is 0 Å². The van der Waals surface area contributed by atoms with E-state index in [1.54, 1.807) is 31.2 Å². The zero-order valence-corrected chi connectivity index (χ0v) is 24.6. The highest BCUT2D eigenvalue weighted by Crippen LogP contribution is 2.28. The van der Waals surface area contributed by atoms with Gasteiger partial charge in [0, 0.05) is 25.1 Å². The van der Waals surface area contributed by atoms with Gasteiger partial charge in [0.05, 0.1) is 17.8 Å². The van der Waals surface area contributed by atoms with Gasteiger partial charge in [-0.05, 0) is 70.0 Å². The third-order valence-corrected chi connectivity index (χ3v) is 7.28. The molecule has 2 aliphatic rings. The summed E-state index contributed by atoms with van der Waals surface area (Å²) >= 11 is 0. The first-order chi connectivity index (χ1) is 20.0. The van der Waals surface area contributed by atoms with Gasteiger partial charge in [-0.1, -0.05) is 30.3 Å². The molecule has 3 atom stereocenters. The summed E-state index contributed by atoms with van der Waals surface area (Å²) in [5, 5.41) is 5.38. The number of nitrogens with zero attached hydrogens (tertiary/aromatic N) is 2. The number of nitrogens with two attached hydrogens (primary N) is 1. The van der Waals surface area contributed by atoms with Crippen molar-refractivity contribution in [1.82, 2.24) is 15.6 Å². The Morgan fingerprint density at radius 1 is 0.976 bits per heavy atom. The fourth-order valence-electron chi connectivity index (χ4n) is 4.84. The van der Waals surface area contributed by atoms with E-state index >= 15 is 0 Å². The Labute approximate surface area is 244 Å². The molecule has 0 bridgehead atoms. The molecule has 10 nitrogen and oxygen atoms in total. The highest BCUT2D eigenvalue weighted by molar-refractivity contribution is 6.05. The molecule has 0 radical (unpaired) electrons. The van der Waals surface area contributed by atoms with E-state index in [1.165, 1.54) is 13.8 Å². The van der Waals surface area contributed by atoms with Crippen molar-refractivity contribution in [3.05, 3.63) is 81.5 Å². The van der Waals surface area contributed by atoms with E-state index in [-0.39, 0.29) is 23.3 Å². The van der Waals surface area contributed by atoms with E-state index < -0.39 is 29.9 Å². The number of hydrogen-bond donors (Lipinski definition) is 3. The molecule has 1 aliphatic carbocycles. The van der Waals surface area contributed by atoms with E-state index in [4.69, 9.17) is 10.2 Å². The van der Waals surface area contributed by atoms with Crippen LogP contribution in [0.5, 0.6) is 0 Å². The summed E-state index contributed by atoms with van der Waals surface area (Å²) in [7, 11) is 0. The molecule has 4 rings (SSSR count). The van der Waals surface area contributed by atoms with Crippen molar-refractivity contribution in [2.75, 3.05) is 18.0 Å². The second-order valence-corrected chi connectivity index (χ2v) is 10.4. The number of fused-ring (bicyclic) bond motifs is 2. The summed E-state index contributed by atoms with van der Waals surface area (Å²) in [5.74, 6) is -0.991. The molecule has 2 aromatic rings. The lowest BCUT2D eigenvalue weighted by molar-refractivity contribution is -0.129. The molecule has 2 amide bonds. The standard InChI is InChI=1S/C32H37N5O5/c1-6-37(7-2)25-13-14-26-28(30(25)39)35-23-15-18(3)22(17-27(23)42-26)29(38)24(16-21-11-9-8-10-12-21)36-32(41)20(5)34-31(40)19(4)33/h8-15,17,19-20,24H,6-7,16,33H2,1-5H3,(H,34,40)(H,36,41)/t19-,20-,24-/m0/s1. The van der Waals surface area contributed by atoms with Gasteiger partial charge in [0.1, 0.15) is 11.6 Å². The molecule has 0 aromatic heterocycles. The van der Waals surface area contributed by atoms with Crippen LogP contribution in [0.4, 0.5) is 5.69 Å². The average molecular weight is 572 g/mol. The van der Waals surface area contributed by atoms with Gasteiger partial charge in [-0.25, -0.2) is 4.98 Å². The van der Waals surface area contributed by atoms with Gasteiger partial charge in [0.2, 0.25) is 17.2 Å². The van der Waals surface area contributed by atoms with Crippen LogP contribution in [-0.4, -0.2) is 53.8 Å². The van der Waals surface area contributed by atoms with Gasteiger partial charge in [-0.2, -0.15) is 0 Å². The van der Waals surface area contributed by atoms with E-state index in [9.17, 15) is 19.2 Å². The third-order valence-electron chi connectivity index (χ3n) is 7.28. The number of ketones is 1. The van der Waals surface area contributed by atoms with Crippen molar-refractivity contribution in [2.24, 2.45) is 5.73 Å². The number of aryl methyl sites for hydroxylation is 1. The Balaban J connectivity index is 1.71. The zero-order valence-electron chi connectivity index (χ0n) is 24.6. The number of anilines is 1. The largest absolute Gasteiger partial charge is 0.453 e. The van der Waals surface area contributed by atoms with Crippen LogP contribution in [0.25, 0.3) is 22.6 Å².